The van der Waals surface area contributed by atoms with E-state index in [9.17, 15) is 4.79 Å². The zero-order chi connectivity index (χ0) is 22.8. The summed E-state index contributed by atoms with van der Waals surface area (Å²) in [5.74, 6) is 1.47. The summed E-state index contributed by atoms with van der Waals surface area (Å²) in [6, 6.07) is 5.77. The molecule has 0 spiro atoms. The molecule has 2 heterocycles. The van der Waals surface area contributed by atoms with Gasteiger partial charge in [0.2, 0.25) is 5.95 Å². The molecule has 0 amide bonds. The van der Waals surface area contributed by atoms with E-state index in [1.54, 1.807) is 26.6 Å². The Morgan fingerprint density at radius 2 is 1.82 bits per heavy atom. The number of hydrogen-bond acceptors (Lipinski definition) is 7. The third-order valence-electron chi connectivity index (χ3n) is 6.34. The molecular weight excluding hydrogens is 418 g/mol. The number of ether oxygens (including phenoxy) is 3. The number of carbonyl (C=O) groups excluding carboxylic acids is 1. The van der Waals surface area contributed by atoms with Crippen molar-refractivity contribution in [3.63, 3.8) is 0 Å². The van der Waals surface area contributed by atoms with E-state index in [1.165, 1.54) is 31.3 Å². The Kier molecular flexibility index (Phi) is 5.86. The molecule has 3 aromatic rings. The van der Waals surface area contributed by atoms with Crippen LogP contribution < -0.4 is 14.8 Å². The van der Waals surface area contributed by atoms with Gasteiger partial charge in [-0.3, -0.25) is 0 Å². The average molecular weight is 446 g/mol. The van der Waals surface area contributed by atoms with Crippen molar-refractivity contribution in [2.75, 3.05) is 26.1 Å². The lowest BCUT2D eigenvalue weighted by molar-refractivity contribution is 0.0535. The van der Waals surface area contributed by atoms with Crippen molar-refractivity contribution in [1.82, 2.24) is 9.97 Å². The molecule has 5 rings (SSSR count). The molecule has 0 unspecified atom stereocenters. The van der Waals surface area contributed by atoms with Gasteiger partial charge in [-0.1, -0.05) is 11.6 Å². The molecule has 0 radical (unpaired) electrons. The lowest BCUT2D eigenvalue weighted by Gasteiger charge is -2.15. The van der Waals surface area contributed by atoms with Crippen LogP contribution in [0.15, 0.2) is 42.2 Å². The molecule has 1 aromatic heterocycles. The number of cyclic esters (lactones) is 1. The summed E-state index contributed by atoms with van der Waals surface area (Å²) in [7, 11) is 3.20. The highest BCUT2D eigenvalue weighted by atomic mass is 16.5. The third-order valence-corrected chi connectivity index (χ3v) is 6.34. The monoisotopic (exact) mass is 445 g/mol. The summed E-state index contributed by atoms with van der Waals surface area (Å²) in [5, 5.41) is 5.10. The van der Waals surface area contributed by atoms with Crippen molar-refractivity contribution in [2.45, 2.75) is 38.7 Å². The fourth-order valence-electron chi connectivity index (χ4n) is 4.66. The first kappa shape index (κ1) is 21.2. The molecular formula is C26H27N3O4. The minimum absolute atomic E-state index is 0.252. The summed E-state index contributed by atoms with van der Waals surface area (Å²) in [6.45, 7) is 1.06. The van der Waals surface area contributed by atoms with E-state index in [2.05, 4.69) is 21.4 Å². The van der Waals surface area contributed by atoms with Gasteiger partial charge in [-0.25, -0.2) is 14.8 Å². The van der Waals surface area contributed by atoms with Crippen molar-refractivity contribution < 1.29 is 19.0 Å². The number of methoxy groups -OCH3 is 2. The highest BCUT2D eigenvalue weighted by molar-refractivity contribution is 6.11. The van der Waals surface area contributed by atoms with Crippen LogP contribution >= 0.6 is 0 Å². The normalized spacial score (nSPS) is 15.1. The quantitative estimate of drug-likeness (QED) is 0.391. The molecule has 0 fully saturated rings. The number of fused-ring (bicyclic) bond motifs is 2. The Bertz CT molecular complexity index is 1230. The molecule has 1 N–H and O–H groups in total. The maximum atomic E-state index is 12.6. The molecule has 7 heteroatoms. The van der Waals surface area contributed by atoms with Gasteiger partial charge in [-0.2, -0.15) is 0 Å². The van der Waals surface area contributed by atoms with Crippen LogP contribution in [0.2, 0.25) is 0 Å². The number of nitrogens with one attached hydrogen (secondary N) is 1. The van der Waals surface area contributed by atoms with Gasteiger partial charge < -0.3 is 19.5 Å². The van der Waals surface area contributed by atoms with Gasteiger partial charge in [0.1, 0.15) is 6.61 Å². The van der Waals surface area contributed by atoms with Gasteiger partial charge >= 0.3 is 5.97 Å². The Hall–Kier alpha value is -3.61. The van der Waals surface area contributed by atoms with Crippen molar-refractivity contribution in [1.29, 1.82) is 0 Å². The lowest BCUT2D eigenvalue weighted by Crippen LogP contribution is -2.07. The molecule has 0 saturated carbocycles. The van der Waals surface area contributed by atoms with Crippen LogP contribution in [-0.2, 0) is 11.3 Å². The third kappa shape index (κ3) is 4.11. The summed E-state index contributed by atoms with van der Waals surface area (Å²) in [6.07, 6.45) is 11.8. The SMILES string of the molecule is COc1cc2cc3c(c(-c4cnc(NCCC5=CCCCC5)nc4)c2cc1OC)C(=O)OC3. The molecule has 1 aliphatic carbocycles. The van der Waals surface area contributed by atoms with E-state index in [4.69, 9.17) is 14.2 Å². The van der Waals surface area contributed by atoms with E-state index in [0.29, 0.717) is 23.0 Å². The molecule has 7 nitrogen and oxygen atoms in total. The predicted octanol–water partition coefficient (Wildman–Crippen LogP) is 5.29. The average Bonchev–Trinajstić information content (AvgIpc) is 3.23. The van der Waals surface area contributed by atoms with Gasteiger partial charge in [-0.15, -0.1) is 0 Å². The fourth-order valence-corrected chi connectivity index (χ4v) is 4.66. The molecule has 0 atom stereocenters. The topological polar surface area (TPSA) is 82.6 Å². The van der Waals surface area contributed by atoms with Crippen LogP contribution in [0.1, 0.15) is 48.0 Å². The summed E-state index contributed by atoms with van der Waals surface area (Å²) in [5.41, 5.74) is 4.42. The lowest BCUT2D eigenvalue weighted by atomic mass is 9.91. The van der Waals surface area contributed by atoms with Crippen LogP contribution in [0.3, 0.4) is 0 Å². The van der Waals surface area contributed by atoms with Crippen molar-refractivity contribution in [3.05, 3.63) is 53.4 Å². The second-order valence-corrected chi connectivity index (χ2v) is 8.37. The van der Waals surface area contributed by atoms with Crippen LogP contribution in [0.25, 0.3) is 21.9 Å². The van der Waals surface area contributed by atoms with Gasteiger partial charge in [0, 0.05) is 35.6 Å². The number of hydrogen-bond donors (Lipinski definition) is 1. The van der Waals surface area contributed by atoms with E-state index in [1.807, 2.05) is 18.2 Å². The molecule has 1 aliphatic heterocycles. The molecule has 170 valence electrons. The van der Waals surface area contributed by atoms with Crippen LogP contribution in [0, 0.1) is 0 Å². The largest absolute Gasteiger partial charge is 0.493 e. The fraction of sp³-hybridized carbons (Fsp3) is 0.346. The number of anilines is 1. The van der Waals surface area contributed by atoms with E-state index in [-0.39, 0.29) is 12.6 Å². The second-order valence-electron chi connectivity index (χ2n) is 8.37. The Morgan fingerprint density at radius 1 is 1.03 bits per heavy atom. The molecule has 0 bridgehead atoms. The zero-order valence-corrected chi connectivity index (χ0v) is 18.9. The highest BCUT2D eigenvalue weighted by Gasteiger charge is 2.28. The predicted molar refractivity (Wildman–Crippen MR) is 127 cm³/mol. The smallest absolute Gasteiger partial charge is 0.339 e. The van der Waals surface area contributed by atoms with E-state index < -0.39 is 0 Å². The zero-order valence-electron chi connectivity index (χ0n) is 18.9. The molecule has 0 saturated heterocycles. The van der Waals surface area contributed by atoms with Crippen LogP contribution in [-0.4, -0.2) is 36.7 Å². The van der Waals surface area contributed by atoms with Gasteiger partial charge in [0.25, 0.3) is 0 Å². The molecule has 2 aromatic carbocycles. The minimum atomic E-state index is -0.334. The van der Waals surface area contributed by atoms with E-state index in [0.717, 1.165) is 40.4 Å². The number of rotatable bonds is 7. The molecule has 2 aliphatic rings. The summed E-state index contributed by atoms with van der Waals surface area (Å²) in [4.78, 5) is 21.6. The first-order valence-electron chi connectivity index (χ1n) is 11.3. The number of carbonyl (C=O) groups is 1. The van der Waals surface area contributed by atoms with E-state index >= 15 is 0 Å². The summed E-state index contributed by atoms with van der Waals surface area (Å²) < 4.78 is 16.3. The van der Waals surface area contributed by atoms with Gasteiger partial charge in [-0.05, 0) is 61.1 Å². The van der Waals surface area contributed by atoms with Gasteiger partial charge in [0.05, 0.1) is 19.8 Å². The first-order chi connectivity index (χ1) is 16.2. The number of aromatic nitrogens is 2. The second kappa shape index (κ2) is 9.10. The number of nitrogens with zero attached hydrogens (tertiary/aromatic N) is 2. The molecule has 33 heavy (non-hydrogen) atoms. The summed E-state index contributed by atoms with van der Waals surface area (Å²) >= 11 is 0. The Balaban J connectivity index is 1.48. The minimum Gasteiger partial charge on any atom is -0.493 e. The standard InChI is InChI=1S/C26H27N3O4/c1-31-21-11-17-10-18-15-33-25(30)24(18)23(20(17)12-22(21)32-2)19-13-28-26(29-14-19)27-9-8-16-6-4-3-5-7-16/h6,10-14H,3-5,7-9,15H2,1-2H3,(H,27,28,29). The Labute approximate surface area is 192 Å². The van der Waals surface area contributed by atoms with Crippen molar-refractivity contribution in [2.24, 2.45) is 0 Å². The highest BCUT2D eigenvalue weighted by Crippen LogP contribution is 2.42. The maximum Gasteiger partial charge on any atom is 0.339 e. The van der Waals surface area contributed by atoms with Gasteiger partial charge in [0.15, 0.2) is 11.5 Å². The number of benzene rings is 2. The van der Waals surface area contributed by atoms with Crippen molar-refractivity contribution >= 4 is 22.7 Å². The Morgan fingerprint density at radius 3 is 2.55 bits per heavy atom. The number of allylic oxidation sites excluding steroid dienone is 1. The maximum absolute atomic E-state index is 12.6. The van der Waals surface area contributed by atoms with Crippen LogP contribution in [0.4, 0.5) is 5.95 Å². The van der Waals surface area contributed by atoms with Crippen LogP contribution in [0.5, 0.6) is 11.5 Å². The van der Waals surface area contributed by atoms with Crippen molar-refractivity contribution in [3.8, 4) is 22.6 Å². The first-order valence-corrected chi connectivity index (χ1v) is 11.3. The number of esters is 1.